The largest absolute Gasteiger partial charge is 0.285 e. The molecule has 2 saturated heterocycles. The Bertz CT molecular complexity index is 353. The van der Waals surface area contributed by atoms with Crippen molar-refractivity contribution in [3.8, 4) is 0 Å². The zero-order valence-corrected chi connectivity index (χ0v) is 14.6. The number of hydrogen-bond acceptors (Lipinski definition) is 2. The Balaban J connectivity index is 1.62. The van der Waals surface area contributed by atoms with E-state index in [1.54, 1.807) is 0 Å². The monoisotopic (exact) mass is 304 g/mol. The lowest BCUT2D eigenvalue weighted by molar-refractivity contribution is -0.175. The molecule has 0 spiro atoms. The SMILES string of the molecule is C1CCC(N2CCCCC2(C2CCCCC2)N2CCC2)CC1. The molecule has 0 aromatic carbocycles. The number of hydrogen-bond donors (Lipinski definition) is 0. The average molecular weight is 305 g/mol. The highest BCUT2D eigenvalue weighted by molar-refractivity contribution is 5.03. The van der Waals surface area contributed by atoms with Gasteiger partial charge in [-0.2, -0.15) is 0 Å². The van der Waals surface area contributed by atoms with E-state index in [-0.39, 0.29) is 0 Å². The van der Waals surface area contributed by atoms with Gasteiger partial charge in [0.1, 0.15) is 0 Å². The summed E-state index contributed by atoms with van der Waals surface area (Å²) >= 11 is 0. The predicted molar refractivity (Wildman–Crippen MR) is 92.9 cm³/mol. The first-order valence-electron chi connectivity index (χ1n) is 10.4. The lowest BCUT2D eigenvalue weighted by Gasteiger charge is -2.63. The molecule has 0 radical (unpaired) electrons. The van der Waals surface area contributed by atoms with Crippen molar-refractivity contribution in [1.82, 2.24) is 9.80 Å². The van der Waals surface area contributed by atoms with Crippen molar-refractivity contribution in [1.29, 1.82) is 0 Å². The third-order valence-corrected chi connectivity index (χ3v) is 7.37. The summed E-state index contributed by atoms with van der Waals surface area (Å²) in [7, 11) is 0. The lowest BCUT2D eigenvalue weighted by atomic mass is 9.71. The van der Waals surface area contributed by atoms with Crippen molar-refractivity contribution in [3.05, 3.63) is 0 Å². The number of rotatable bonds is 3. The van der Waals surface area contributed by atoms with E-state index < -0.39 is 0 Å². The van der Waals surface area contributed by atoms with Crippen LogP contribution in [0.1, 0.15) is 89.9 Å². The van der Waals surface area contributed by atoms with E-state index in [9.17, 15) is 0 Å². The van der Waals surface area contributed by atoms with Gasteiger partial charge < -0.3 is 0 Å². The van der Waals surface area contributed by atoms with Crippen molar-refractivity contribution in [3.63, 3.8) is 0 Å². The summed E-state index contributed by atoms with van der Waals surface area (Å²) in [6, 6.07) is 0.913. The minimum absolute atomic E-state index is 0.485. The fraction of sp³-hybridized carbons (Fsp3) is 1.00. The van der Waals surface area contributed by atoms with E-state index in [1.165, 1.54) is 110 Å². The summed E-state index contributed by atoms with van der Waals surface area (Å²) in [4.78, 5) is 6.03. The van der Waals surface area contributed by atoms with Gasteiger partial charge in [0.15, 0.2) is 0 Å². The molecule has 0 bridgehead atoms. The van der Waals surface area contributed by atoms with Crippen LogP contribution in [0.3, 0.4) is 0 Å². The van der Waals surface area contributed by atoms with E-state index in [4.69, 9.17) is 0 Å². The molecule has 4 fully saturated rings. The molecule has 0 aromatic rings. The highest BCUT2D eigenvalue weighted by Gasteiger charge is 2.52. The van der Waals surface area contributed by atoms with Crippen molar-refractivity contribution in [2.45, 2.75) is 102 Å². The summed E-state index contributed by atoms with van der Waals surface area (Å²) in [6.45, 7) is 4.18. The standard InChI is InChI=1S/C20H36N2/c1-3-10-18(11-4-1)20(21-15-9-16-21)14-7-8-17-22(20)19-12-5-2-6-13-19/h18-19H,1-17H2. The van der Waals surface area contributed by atoms with E-state index >= 15 is 0 Å². The van der Waals surface area contributed by atoms with Gasteiger partial charge in [0, 0.05) is 25.7 Å². The Morgan fingerprint density at radius 2 is 1.27 bits per heavy atom. The van der Waals surface area contributed by atoms with Crippen molar-refractivity contribution >= 4 is 0 Å². The fourth-order valence-electron chi connectivity index (χ4n) is 6.20. The molecule has 1 unspecified atom stereocenters. The van der Waals surface area contributed by atoms with Gasteiger partial charge in [-0.3, -0.25) is 9.80 Å². The molecule has 0 amide bonds. The first-order valence-corrected chi connectivity index (χ1v) is 10.4. The van der Waals surface area contributed by atoms with Gasteiger partial charge in [-0.15, -0.1) is 0 Å². The minimum atomic E-state index is 0.485. The molecule has 2 nitrogen and oxygen atoms in total. The molecule has 1 atom stereocenters. The smallest absolute Gasteiger partial charge is 0.0769 e. The molecule has 0 aromatic heterocycles. The molecule has 2 aliphatic heterocycles. The van der Waals surface area contributed by atoms with Crippen LogP contribution >= 0.6 is 0 Å². The molecule has 126 valence electrons. The number of likely N-dealkylation sites (tertiary alicyclic amines) is 2. The van der Waals surface area contributed by atoms with Gasteiger partial charge in [0.05, 0.1) is 5.66 Å². The fourth-order valence-corrected chi connectivity index (χ4v) is 6.20. The van der Waals surface area contributed by atoms with Crippen LogP contribution in [-0.4, -0.2) is 41.1 Å². The average Bonchev–Trinajstić information content (AvgIpc) is 2.55. The maximum absolute atomic E-state index is 3.09. The normalized spacial score (nSPS) is 37.1. The van der Waals surface area contributed by atoms with E-state index in [0.29, 0.717) is 5.66 Å². The second-order valence-corrected chi connectivity index (χ2v) is 8.50. The van der Waals surface area contributed by atoms with Gasteiger partial charge in [0.25, 0.3) is 0 Å². The summed E-state index contributed by atoms with van der Waals surface area (Å²) in [6.07, 6.45) is 20.8. The Hall–Kier alpha value is -0.0800. The van der Waals surface area contributed by atoms with Crippen LogP contribution < -0.4 is 0 Å². The molecule has 4 aliphatic rings. The van der Waals surface area contributed by atoms with Gasteiger partial charge in [0.2, 0.25) is 0 Å². The second kappa shape index (κ2) is 6.81. The molecule has 2 aliphatic carbocycles. The summed E-state index contributed by atoms with van der Waals surface area (Å²) in [5.74, 6) is 0.976. The Kier molecular flexibility index (Phi) is 4.78. The summed E-state index contributed by atoms with van der Waals surface area (Å²) in [5.41, 5.74) is 0.485. The van der Waals surface area contributed by atoms with Crippen LogP contribution in [0.4, 0.5) is 0 Å². The Labute approximate surface area is 137 Å². The number of piperidine rings is 1. The molecule has 2 heterocycles. The number of nitrogens with zero attached hydrogens (tertiary/aromatic N) is 2. The molecular weight excluding hydrogens is 268 g/mol. The van der Waals surface area contributed by atoms with Crippen molar-refractivity contribution in [2.24, 2.45) is 5.92 Å². The van der Waals surface area contributed by atoms with Crippen LogP contribution in [-0.2, 0) is 0 Å². The zero-order valence-electron chi connectivity index (χ0n) is 14.6. The van der Waals surface area contributed by atoms with E-state index in [1.807, 2.05) is 0 Å². The third kappa shape index (κ3) is 2.65. The predicted octanol–water partition coefficient (Wildman–Crippen LogP) is 4.79. The topological polar surface area (TPSA) is 6.48 Å². The van der Waals surface area contributed by atoms with Gasteiger partial charge in [-0.1, -0.05) is 38.5 Å². The lowest BCUT2D eigenvalue weighted by Crippen LogP contribution is -2.71. The first kappa shape index (κ1) is 15.4. The van der Waals surface area contributed by atoms with Gasteiger partial charge in [-0.05, 0) is 57.3 Å². The van der Waals surface area contributed by atoms with E-state index in [0.717, 1.165) is 12.0 Å². The van der Waals surface area contributed by atoms with Crippen LogP contribution in [0.25, 0.3) is 0 Å². The van der Waals surface area contributed by atoms with Gasteiger partial charge in [-0.25, -0.2) is 0 Å². The second-order valence-electron chi connectivity index (χ2n) is 8.50. The molecule has 2 heteroatoms. The molecule has 0 N–H and O–H groups in total. The third-order valence-electron chi connectivity index (χ3n) is 7.37. The Morgan fingerprint density at radius 3 is 1.91 bits per heavy atom. The molecule has 4 rings (SSSR count). The van der Waals surface area contributed by atoms with Crippen LogP contribution in [0.5, 0.6) is 0 Å². The maximum atomic E-state index is 3.09. The summed E-state index contributed by atoms with van der Waals surface area (Å²) < 4.78 is 0. The maximum Gasteiger partial charge on any atom is 0.0769 e. The van der Waals surface area contributed by atoms with Crippen LogP contribution in [0, 0.1) is 5.92 Å². The van der Waals surface area contributed by atoms with Gasteiger partial charge >= 0.3 is 0 Å². The van der Waals surface area contributed by atoms with Crippen molar-refractivity contribution < 1.29 is 0 Å². The summed E-state index contributed by atoms with van der Waals surface area (Å²) in [5, 5.41) is 0. The van der Waals surface area contributed by atoms with Crippen molar-refractivity contribution in [2.75, 3.05) is 19.6 Å². The minimum Gasteiger partial charge on any atom is -0.285 e. The van der Waals surface area contributed by atoms with Crippen LogP contribution in [0.15, 0.2) is 0 Å². The molecule has 2 saturated carbocycles. The quantitative estimate of drug-likeness (QED) is 0.740. The van der Waals surface area contributed by atoms with E-state index in [2.05, 4.69) is 9.80 Å². The Morgan fingerprint density at radius 1 is 0.591 bits per heavy atom. The highest BCUT2D eigenvalue weighted by Crippen LogP contribution is 2.48. The highest BCUT2D eigenvalue weighted by atomic mass is 15.4. The van der Waals surface area contributed by atoms with Crippen LogP contribution in [0.2, 0.25) is 0 Å². The zero-order chi connectivity index (χ0) is 14.8. The molecular formula is C20H36N2. The first-order chi connectivity index (χ1) is 10.9. The molecule has 22 heavy (non-hydrogen) atoms.